The number of hydrogen-bond donors (Lipinski definition) is 2. The molecule has 3 fully saturated rings. The van der Waals surface area contributed by atoms with Gasteiger partial charge in [-0.1, -0.05) is 163 Å². The van der Waals surface area contributed by atoms with Gasteiger partial charge >= 0.3 is 0 Å². The molecule has 8 atom stereocenters. The Morgan fingerprint density at radius 2 is 0.685 bits per heavy atom. The van der Waals surface area contributed by atoms with E-state index in [1.54, 1.807) is 0 Å². The molecule has 3 aliphatic carbocycles. The number of rotatable bonds is 10. The molecule has 0 heterocycles. The molecule has 0 amide bonds. The minimum absolute atomic E-state index is 0.0923. The van der Waals surface area contributed by atoms with Gasteiger partial charge in [0.25, 0.3) is 16.6 Å². The Labute approximate surface area is 327 Å². The van der Waals surface area contributed by atoms with Crippen molar-refractivity contribution in [1.82, 2.24) is 0 Å². The maximum Gasteiger partial charge on any atom is 0.261 e. The van der Waals surface area contributed by atoms with Gasteiger partial charge in [-0.15, -0.1) is 0 Å². The van der Waals surface area contributed by atoms with Gasteiger partial charge in [-0.05, 0) is 105 Å². The summed E-state index contributed by atoms with van der Waals surface area (Å²) >= 11 is 0. The highest BCUT2D eigenvalue weighted by Crippen LogP contribution is 2.53. The van der Waals surface area contributed by atoms with Crippen molar-refractivity contribution in [3.63, 3.8) is 0 Å². The van der Waals surface area contributed by atoms with E-state index >= 15 is 0 Å². The Kier molecular flexibility index (Phi) is 11.6. The average Bonchev–Trinajstić information content (AvgIpc) is 3.16. The molecule has 0 aromatic heterocycles. The Bertz CT molecular complexity index is 1560. The second-order valence-corrected chi connectivity index (χ2v) is 27.7. The van der Waals surface area contributed by atoms with Gasteiger partial charge in [0.15, 0.2) is 0 Å². The summed E-state index contributed by atoms with van der Waals surface area (Å²) in [5.41, 5.74) is 0. The third-order valence-electron chi connectivity index (χ3n) is 13.8. The highest BCUT2D eigenvalue weighted by molar-refractivity contribution is 7.00. The summed E-state index contributed by atoms with van der Waals surface area (Å²) in [5, 5.41) is 26.5. The summed E-state index contributed by atoms with van der Waals surface area (Å²) in [6.07, 6.45) is 4.84. The van der Waals surface area contributed by atoms with Gasteiger partial charge in [-0.3, -0.25) is 0 Å². The van der Waals surface area contributed by atoms with Crippen LogP contribution in [0, 0.1) is 35.5 Å². The van der Waals surface area contributed by atoms with E-state index in [2.05, 4.69) is 163 Å². The summed E-state index contributed by atoms with van der Waals surface area (Å²) in [7, 11) is -5.48. The summed E-state index contributed by atoms with van der Waals surface area (Å²) in [6, 6.07) is 44.3. The molecule has 6 heteroatoms. The molecule has 0 aliphatic heterocycles. The average molecular weight is 761 g/mol. The summed E-state index contributed by atoms with van der Waals surface area (Å²) in [4.78, 5) is 0. The molecule has 3 saturated carbocycles. The van der Waals surface area contributed by atoms with Crippen LogP contribution in [0.4, 0.5) is 0 Å². The van der Waals surface area contributed by atoms with Crippen molar-refractivity contribution >= 4 is 37.4 Å². The molecule has 7 rings (SSSR count). The molecule has 0 unspecified atom stereocenters. The Morgan fingerprint density at radius 3 is 0.944 bits per heavy atom. The molecule has 2 N–H and O–H groups in total. The van der Waals surface area contributed by atoms with Crippen LogP contribution in [0.15, 0.2) is 121 Å². The van der Waals surface area contributed by atoms with Crippen LogP contribution in [-0.2, 0) is 8.85 Å². The van der Waals surface area contributed by atoms with Crippen molar-refractivity contribution in [1.29, 1.82) is 0 Å². The van der Waals surface area contributed by atoms with Crippen molar-refractivity contribution in [2.24, 2.45) is 35.5 Å². The molecule has 0 spiro atoms. The minimum atomic E-state index is -2.74. The van der Waals surface area contributed by atoms with E-state index in [9.17, 15) is 10.2 Å². The van der Waals surface area contributed by atoms with E-state index in [1.165, 1.54) is 20.7 Å². The van der Waals surface area contributed by atoms with Crippen LogP contribution in [0.2, 0.25) is 10.1 Å². The second kappa shape index (κ2) is 16.0. The molecule has 0 bridgehead atoms. The van der Waals surface area contributed by atoms with Crippen LogP contribution in [0.25, 0.3) is 0 Å². The van der Waals surface area contributed by atoms with Crippen LogP contribution >= 0.6 is 0 Å². The number of aliphatic hydroxyl groups excluding tert-OH is 2. The van der Waals surface area contributed by atoms with Gasteiger partial charge in [0, 0.05) is 13.2 Å². The van der Waals surface area contributed by atoms with Crippen molar-refractivity contribution in [3.05, 3.63) is 121 Å². The van der Waals surface area contributed by atoms with E-state index in [4.69, 9.17) is 8.85 Å². The Morgan fingerprint density at radius 1 is 0.426 bits per heavy atom. The maximum absolute atomic E-state index is 10.7. The Balaban J connectivity index is 1.26. The van der Waals surface area contributed by atoms with Gasteiger partial charge in [-0.2, -0.15) is 0 Å². The first-order valence-electron chi connectivity index (χ1n) is 20.7. The predicted molar refractivity (Wildman–Crippen MR) is 228 cm³/mol. The molecule has 0 saturated heterocycles. The lowest BCUT2D eigenvalue weighted by molar-refractivity contribution is -0.0863. The smallest absolute Gasteiger partial charge is 0.261 e. The molecule has 0 radical (unpaired) electrons. The van der Waals surface area contributed by atoms with Crippen molar-refractivity contribution in [2.75, 3.05) is 13.2 Å². The van der Waals surface area contributed by atoms with Gasteiger partial charge in [-0.25, -0.2) is 0 Å². The van der Waals surface area contributed by atoms with E-state index in [1.807, 2.05) is 0 Å². The van der Waals surface area contributed by atoms with Crippen LogP contribution in [-0.4, -0.2) is 52.3 Å². The van der Waals surface area contributed by atoms with Gasteiger partial charge in [0.1, 0.15) is 0 Å². The van der Waals surface area contributed by atoms with Crippen molar-refractivity contribution < 1.29 is 19.1 Å². The lowest BCUT2D eigenvalue weighted by Crippen LogP contribution is -2.67. The summed E-state index contributed by atoms with van der Waals surface area (Å²) in [6.45, 7) is 15.7. The molecule has 4 aromatic rings. The zero-order chi connectivity index (χ0) is 38.1. The molecule has 4 nitrogen and oxygen atoms in total. The first kappa shape index (κ1) is 39.4. The molecule has 3 aliphatic rings. The van der Waals surface area contributed by atoms with Crippen LogP contribution in [0.5, 0.6) is 0 Å². The summed E-state index contributed by atoms with van der Waals surface area (Å²) < 4.78 is 15.5. The lowest BCUT2D eigenvalue weighted by Gasteiger charge is -2.52. The van der Waals surface area contributed by atoms with Crippen LogP contribution in [0.1, 0.15) is 80.1 Å². The van der Waals surface area contributed by atoms with Gasteiger partial charge in [0.2, 0.25) is 0 Å². The number of aliphatic hydroxyl groups is 2. The van der Waals surface area contributed by atoms with E-state index < -0.39 is 28.8 Å². The summed E-state index contributed by atoms with van der Waals surface area (Å²) in [5.74, 6) is 2.89. The quantitative estimate of drug-likeness (QED) is 0.161. The van der Waals surface area contributed by atoms with Gasteiger partial charge < -0.3 is 19.1 Å². The monoisotopic (exact) mass is 760 g/mol. The van der Waals surface area contributed by atoms with Gasteiger partial charge in [0.05, 0.1) is 12.2 Å². The largest absolute Gasteiger partial charge is 0.407 e. The predicted octanol–water partition coefficient (Wildman–Crippen LogP) is 7.94. The van der Waals surface area contributed by atoms with Crippen molar-refractivity contribution in [3.8, 4) is 0 Å². The fourth-order valence-corrected chi connectivity index (χ4v) is 20.4. The fourth-order valence-electron chi connectivity index (χ4n) is 11.2. The highest BCUT2D eigenvalue weighted by atomic mass is 28.4. The van der Waals surface area contributed by atoms with Crippen LogP contribution in [0.3, 0.4) is 0 Å². The van der Waals surface area contributed by atoms with Crippen molar-refractivity contribution in [2.45, 2.75) is 102 Å². The fraction of sp³-hybridized carbons (Fsp3) is 0.500. The minimum Gasteiger partial charge on any atom is -0.407 e. The zero-order valence-electron chi connectivity index (χ0n) is 33.5. The second-order valence-electron chi connectivity index (χ2n) is 19.1. The maximum atomic E-state index is 10.7. The third-order valence-corrected chi connectivity index (χ3v) is 23.8. The molecular weight excluding hydrogens is 697 g/mol. The van der Waals surface area contributed by atoms with E-state index in [0.29, 0.717) is 48.7 Å². The third kappa shape index (κ3) is 7.51. The standard InChI is InChI=1S/C48H64O4Si2/c1-47(2,3)53(41-19-11-7-12-20-41,42-21-13-8-14-22-42)51-33-39-29-35-27-37-31-45(49)46(50)32-38(37)28-36(35)30-40(39)34-52-54(48(4,5)6,43-23-15-9-16-24-43)44-25-17-10-18-26-44/h7-26,35-40,45-46,49-50H,27-34H2,1-6H3/t35-,36+,37-,38-,39-,40-,45+,46+/m1/s1. The zero-order valence-corrected chi connectivity index (χ0v) is 35.5. The normalized spacial score (nSPS) is 27.9. The van der Waals surface area contributed by atoms with Crippen LogP contribution < -0.4 is 20.7 Å². The number of benzene rings is 4. The number of hydrogen-bond acceptors (Lipinski definition) is 4. The molecule has 288 valence electrons. The number of fused-ring (bicyclic) bond motifs is 2. The highest BCUT2D eigenvalue weighted by Gasteiger charge is 2.54. The lowest BCUT2D eigenvalue weighted by atomic mass is 9.56. The van der Waals surface area contributed by atoms with E-state index in [-0.39, 0.29) is 10.1 Å². The molecule has 4 aromatic carbocycles. The first-order valence-corrected chi connectivity index (χ1v) is 24.5. The Hall–Kier alpha value is -2.85. The molecular formula is C48H64O4Si2. The first-order chi connectivity index (χ1) is 25.8. The topological polar surface area (TPSA) is 58.9 Å². The van der Waals surface area contributed by atoms with E-state index in [0.717, 1.165) is 38.5 Å². The SMILES string of the molecule is CC(C)(C)[Si](OC[C@H]1C[C@H]2C[C@@H]3C[C@H](O)[C@@H](O)C[C@H]3C[C@H]2C[C@@H]1CO[Si](c1ccccc1)(c1ccccc1)C(C)(C)C)(c1ccccc1)c1ccccc1. The molecule has 54 heavy (non-hydrogen) atoms.